The van der Waals surface area contributed by atoms with Crippen molar-refractivity contribution in [1.29, 1.82) is 0 Å². The molecule has 392 valence electrons. The van der Waals surface area contributed by atoms with E-state index in [1.54, 1.807) is 32.5 Å². The number of benzene rings is 4. The first-order valence-corrected chi connectivity index (χ1v) is 24.7. The van der Waals surface area contributed by atoms with Crippen LogP contribution in [0, 0.1) is 53.4 Å². The average molecular weight is 1010 g/mol. The standard InChI is InChI=1S/C30H34N2O4.C21H26N2O3.C9H10O2.CH4/c1-18-7-8-24(13-19(18)2)29(33)32-12-11-22-9-10-23(15-25(22)17-32)28(21(4)30(34)36-6)26-16-31-27(35-5)14-20(26)3;1-13-9-19(25-3)23-12-18(13)20(14(2)21(24)26-4)16-6-5-15-7-8-22-11-17(15)10-16;1-6-3-4-8(9(10)11)5-7(6)2;/h7-10,13-16,21,28H,11-12,17H2,1-6H3;5-6,9-10,12,14,20,22H,7-8,11H2,1-4H3;3-5H,1-2H3,(H,10,11);1H4. The SMILES string of the molecule is C.COC(=O)C(C)C(c1ccc2c(c1)CN(C(=O)c1ccc(C)c(C)c1)CC2)c1cnc(OC)cc1C.COC(=O)C(C)C(c1ccc2c(c1)CNCC2)c1cnc(OC)cc1C.Cc1ccc(C(=O)O)cc1C. The number of aromatic carboxylic acids is 1. The van der Waals surface area contributed by atoms with Gasteiger partial charge >= 0.3 is 17.9 Å². The second kappa shape index (κ2) is 26.0. The number of carboxylic acid groups (broad SMARTS) is 1. The Morgan fingerprint density at radius 2 is 1.04 bits per heavy atom. The molecule has 4 atom stereocenters. The van der Waals surface area contributed by atoms with Gasteiger partial charge in [0.2, 0.25) is 11.8 Å². The van der Waals surface area contributed by atoms with Gasteiger partial charge in [0, 0.05) is 61.6 Å². The van der Waals surface area contributed by atoms with Gasteiger partial charge in [0.25, 0.3) is 5.91 Å². The molecule has 0 spiro atoms. The molecule has 1 amide bonds. The molecule has 6 aromatic rings. The third-order valence-electron chi connectivity index (χ3n) is 14.4. The van der Waals surface area contributed by atoms with Gasteiger partial charge in [-0.15, -0.1) is 0 Å². The molecule has 2 aliphatic heterocycles. The zero-order valence-electron chi connectivity index (χ0n) is 44.3. The lowest BCUT2D eigenvalue weighted by molar-refractivity contribution is -0.146. The molecular formula is C61H74N4O9. The summed E-state index contributed by atoms with van der Waals surface area (Å²) in [4.78, 5) is 59.5. The zero-order chi connectivity index (χ0) is 53.1. The minimum Gasteiger partial charge on any atom is -0.481 e. The lowest BCUT2D eigenvalue weighted by Gasteiger charge is -2.31. The minimum absolute atomic E-state index is 0. The molecule has 2 N–H and O–H groups in total. The van der Waals surface area contributed by atoms with E-state index in [1.165, 1.54) is 36.5 Å². The van der Waals surface area contributed by atoms with E-state index < -0.39 is 11.9 Å². The number of aryl methyl sites for hydroxylation is 6. The minimum atomic E-state index is -0.867. The molecule has 8 rings (SSSR count). The van der Waals surface area contributed by atoms with Crippen molar-refractivity contribution in [3.05, 3.63) is 186 Å². The van der Waals surface area contributed by atoms with Gasteiger partial charge in [-0.1, -0.05) is 69.8 Å². The van der Waals surface area contributed by atoms with Crippen LogP contribution in [0.3, 0.4) is 0 Å². The van der Waals surface area contributed by atoms with Crippen LogP contribution in [-0.2, 0) is 45.0 Å². The third-order valence-corrected chi connectivity index (χ3v) is 14.4. The maximum absolute atomic E-state index is 13.3. The Kier molecular flexibility index (Phi) is 20.2. The topological polar surface area (TPSA) is 166 Å². The van der Waals surface area contributed by atoms with E-state index in [0.29, 0.717) is 30.4 Å². The van der Waals surface area contributed by atoms with Gasteiger partial charge in [-0.25, -0.2) is 14.8 Å². The molecular weight excluding hydrogens is 933 g/mol. The quantitative estimate of drug-likeness (QED) is 0.112. The van der Waals surface area contributed by atoms with Crippen molar-refractivity contribution in [2.45, 2.75) is 101 Å². The van der Waals surface area contributed by atoms with Crippen molar-refractivity contribution in [2.24, 2.45) is 11.8 Å². The lowest BCUT2D eigenvalue weighted by atomic mass is 9.79. The number of rotatable bonds is 12. The number of fused-ring (bicyclic) bond motifs is 2. The molecule has 2 aliphatic rings. The summed E-state index contributed by atoms with van der Waals surface area (Å²) in [5, 5.41) is 12.0. The summed E-state index contributed by atoms with van der Waals surface area (Å²) in [6, 6.07) is 27.7. The van der Waals surface area contributed by atoms with Crippen molar-refractivity contribution >= 4 is 23.8 Å². The van der Waals surface area contributed by atoms with E-state index in [9.17, 15) is 19.2 Å². The van der Waals surface area contributed by atoms with E-state index in [1.807, 2.05) is 103 Å². The van der Waals surface area contributed by atoms with Crippen LogP contribution >= 0.6 is 0 Å². The fraction of sp³-hybridized carbons (Fsp3) is 0.377. The summed E-state index contributed by atoms with van der Waals surface area (Å²) in [5.41, 5.74) is 16.6. The van der Waals surface area contributed by atoms with Gasteiger partial charge in [-0.2, -0.15) is 0 Å². The fourth-order valence-electron chi connectivity index (χ4n) is 9.64. The Balaban J connectivity index is 0.000000232. The van der Waals surface area contributed by atoms with Crippen LogP contribution in [0.15, 0.2) is 97.3 Å². The van der Waals surface area contributed by atoms with E-state index in [4.69, 9.17) is 24.1 Å². The summed E-state index contributed by atoms with van der Waals surface area (Å²) in [6.07, 6.45) is 5.44. The van der Waals surface area contributed by atoms with Crippen molar-refractivity contribution in [3.8, 4) is 11.8 Å². The predicted octanol–water partition coefficient (Wildman–Crippen LogP) is 10.8. The fourth-order valence-corrected chi connectivity index (χ4v) is 9.64. The lowest BCUT2D eigenvalue weighted by Crippen LogP contribution is -2.36. The second-order valence-electron chi connectivity index (χ2n) is 19.1. The van der Waals surface area contributed by atoms with E-state index in [0.717, 1.165) is 87.1 Å². The second-order valence-corrected chi connectivity index (χ2v) is 19.1. The predicted molar refractivity (Wildman–Crippen MR) is 289 cm³/mol. The number of esters is 2. The molecule has 4 heterocycles. The van der Waals surface area contributed by atoms with Gasteiger partial charge < -0.3 is 34.3 Å². The first-order chi connectivity index (χ1) is 34.9. The summed E-state index contributed by atoms with van der Waals surface area (Å²) >= 11 is 0. The van der Waals surface area contributed by atoms with Crippen LogP contribution in [0.2, 0.25) is 0 Å². The summed E-state index contributed by atoms with van der Waals surface area (Å²) in [6.45, 7) is 18.9. The monoisotopic (exact) mass is 1010 g/mol. The van der Waals surface area contributed by atoms with Crippen LogP contribution in [-0.4, -0.2) is 85.3 Å². The summed E-state index contributed by atoms with van der Waals surface area (Å²) < 4.78 is 20.7. The molecule has 4 unspecified atom stereocenters. The van der Waals surface area contributed by atoms with Gasteiger partial charge in [0.15, 0.2) is 0 Å². The number of aromatic nitrogens is 2. The highest BCUT2D eigenvalue weighted by atomic mass is 16.5. The molecule has 0 radical (unpaired) electrons. The largest absolute Gasteiger partial charge is 0.481 e. The first-order valence-electron chi connectivity index (χ1n) is 24.7. The third kappa shape index (κ3) is 13.6. The maximum atomic E-state index is 13.3. The van der Waals surface area contributed by atoms with Crippen LogP contribution in [0.5, 0.6) is 11.8 Å². The Morgan fingerprint density at radius 1 is 0.568 bits per heavy atom. The molecule has 0 aliphatic carbocycles. The number of methoxy groups -OCH3 is 4. The van der Waals surface area contributed by atoms with Crippen molar-refractivity contribution in [3.63, 3.8) is 0 Å². The zero-order valence-corrected chi connectivity index (χ0v) is 44.3. The Hall–Kier alpha value is -7.38. The number of hydrogen-bond acceptors (Lipinski definition) is 11. The van der Waals surface area contributed by atoms with Gasteiger partial charge in [-0.3, -0.25) is 14.4 Å². The van der Waals surface area contributed by atoms with Gasteiger partial charge in [0.05, 0.1) is 45.8 Å². The normalized spacial score (nSPS) is 14.0. The smallest absolute Gasteiger partial charge is 0.335 e. The Bertz CT molecular complexity index is 2970. The van der Waals surface area contributed by atoms with Crippen molar-refractivity contribution in [2.75, 3.05) is 41.5 Å². The van der Waals surface area contributed by atoms with Gasteiger partial charge in [0.1, 0.15) is 0 Å². The maximum Gasteiger partial charge on any atom is 0.335 e. The number of nitrogens with one attached hydrogen (secondary N) is 1. The average Bonchev–Trinajstić information content (AvgIpc) is 3.40. The number of nitrogens with zero attached hydrogens (tertiary/aromatic N) is 3. The summed E-state index contributed by atoms with van der Waals surface area (Å²) in [7, 11) is 6.04. The van der Waals surface area contributed by atoms with Crippen LogP contribution < -0.4 is 14.8 Å². The van der Waals surface area contributed by atoms with Crippen LogP contribution in [0.4, 0.5) is 0 Å². The summed E-state index contributed by atoms with van der Waals surface area (Å²) in [5.74, 6) is -1.31. The molecule has 4 aromatic carbocycles. The Labute approximate surface area is 437 Å². The highest BCUT2D eigenvalue weighted by Gasteiger charge is 2.32. The highest BCUT2D eigenvalue weighted by Crippen LogP contribution is 2.38. The number of amides is 1. The van der Waals surface area contributed by atoms with Crippen molar-refractivity contribution in [1.82, 2.24) is 20.2 Å². The molecule has 0 saturated carbocycles. The van der Waals surface area contributed by atoms with Crippen molar-refractivity contribution < 1.29 is 43.2 Å². The number of ether oxygens (including phenoxy) is 4. The molecule has 0 saturated heterocycles. The number of carbonyl (C=O) groups excluding carboxylic acids is 3. The molecule has 0 fully saturated rings. The number of carbonyl (C=O) groups is 4. The van der Waals surface area contributed by atoms with E-state index >= 15 is 0 Å². The molecule has 0 bridgehead atoms. The molecule has 2 aromatic heterocycles. The number of carboxylic acids is 1. The molecule has 13 nitrogen and oxygen atoms in total. The highest BCUT2D eigenvalue weighted by molar-refractivity contribution is 5.94. The van der Waals surface area contributed by atoms with Crippen LogP contribution in [0.25, 0.3) is 0 Å². The molecule has 74 heavy (non-hydrogen) atoms. The number of pyridine rings is 2. The van der Waals surface area contributed by atoms with E-state index in [2.05, 4.69) is 51.7 Å². The van der Waals surface area contributed by atoms with Crippen LogP contribution in [0.1, 0.15) is 132 Å². The van der Waals surface area contributed by atoms with E-state index in [-0.39, 0.29) is 43.0 Å². The van der Waals surface area contributed by atoms with Gasteiger partial charge in [-0.05, 0) is 163 Å². The first kappa shape index (κ1) is 57.5. The Morgan fingerprint density at radius 3 is 1.50 bits per heavy atom. The molecule has 13 heteroatoms. The number of hydrogen-bond donors (Lipinski definition) is 2.